The van der Waals surface area contributed by atoms with Crippen LogP contribution in [0.4, 0.5) is 11.4 Å². The van der Waals surface area contributed by atoms with E-state index in [4.69, 9.17) is 4.74 Å². The SMILES string of the molecule is O=C(Nc1ccccc1C(=O)N1CCOCC1)C1CC(=O)N(c2cccc(Br)c2)C1. The molecule has 2 aliphatic rings. The topological polar surface area (TPSA) is 79.0 Å². The van der Waals surface area contributed by atoms with Gasteiger partial charge < -0.3 is 19.9 Å². The van der Waals surface area contributed by atoms with Gasteiger partial charge in [0.2, 0.25) is 11.8 Å². The molecule has 1 unspecified atom stereocenters. The van der Waals surface area contributed by atoms with Crippen molar-refractivity contribution in [2.75, 3.05) is 43.1 Å². The highest BCUT2D eigenvalue weighted by molar-refractivity contribution is 9.10. The van der Waals surface area contributed by atoms with Crippen molar-refractivity contribution in [2.45, 2.75) is 6.42 Å². The van der Waals surface area contributed by atoms with E-state index in [0.717, 1.165) is 10.2 Å². The molecule has 2 saturated heterocycles. The molecule has 156 valence electrons. The first-order chi connectivity index (χ1) is 14.5. The minimum Gasteiger partial charge on any atom is -0.378 e. The molecule has 7 nitrogen and oxygen atoms in total. The lowest BCUT2D eigenvalue weighted by molar-refractivity contribution is -0.122. The largest absolute Gasteiger partial charge is 0.378 e. The summed E-state index contributed by atoms with van der Waals surface area (Å²) in [4.78, 5) is 41.7. The molecular weight excluding hydrogens is 450 g/mol. The van der Waals surface area contributed by atoms with Gasteiger partial charge in [-0.15, -0.1) is 0 Å². The number of carbonyl (C=O) groups excluding carboxylic acids is 3. The van der Waals surface area contributed by atoms with Crippen LogP contribution in [0.25, 0.3) is 0 Å². The number of nitrogens with one attached hydrogen (secondary N) is 1. The average Bonchev–Trinajstić information content (AvgIpc) is 3.16. The maximum Gasteiger partial charge on any atom is 0.256 e. The molecule has 1 atom stereocenters. The minimum absolute atomic E-state index is 0.0917. The molecular formula is C22H22BrN3O4. The lowest BCUT2D eigenvalue weighted by atomic mass is 10.1. The van der Waals surface area contributed by atoms with Crippen molar-refractivity contribution < 1.29 is 19.1 Å². The van der Waals surface area contributed by atoms with Crippen molar-refractivity contribution in [1.82, 2.24) is 4.90 Å². The first-order valence-corrected chi connectivity index (χ1v) is 10.6. The summed E-state index contributed by atoms with van der Waals surface area (Å²) < 4.78 is 6.18. The van der Waals surface area contributed by atoms with Crippen LogP contribution in [0.3, 0.4) is 0 Å². The van der Waals surface area contributed by atoms with Gasteiger partial charge in [0.1, 0.15) is 0 Å². The zero-order valence-corrected chi connectivity index (χ0v) is 17.9. The summed E-state index contributed by atoms with van der Waals surface area (Å²) in [6, 6.07) is 14.4. The summed E-state index contributed by atoms with van der Waals surface area (Å²) in [7, 11) is 0. The lowest BCUT2D eigenvalue weighted by Gasteiger charge is -2.27. The highest BCUT2D eigenvalue weighted by Crippen LogP contribution is 2.28. The van der Waals surface area contributed by atoms with Crippen LogP contribution in [0.15, 0.2) is 53.0 Å². The smallest absolute Gasteiger partial charge is 0.256 e. The number of nitrogens with zero attached hydrogens (tertiary/aromatic N) is 2. The van der Waals surface area contributed by atoms with E-state index in [9.17, 15) is 14.4 Å². The maximum absolute atomic E-state index is 12.9. The van der Waals surface area contributed by atoms with Crippen LogP contribution in [0.5, 0.6) is 0 Å². The zero-order chi connectivity index (χ0) is 21.1. The number of rotatable bonds is 4. The summed E-state index contributed by atoms with van der Waals surface area (Å²) in [5.74, 6) is -0.968. The number of halogens is 1. The van der Waals surface area contributed by atoms with E-state index in [-0.39, 0.29) is 24.1 Å². The zero-order valence-electron chi connectivity index (χ0n) is 16.3. The van der Waals surface area contributed by atoms with Gasteiger partial charge >= 0.3 is 0 Å². The second kappa shape index (κ2) is 8.97. The molecule has 8 heteroatoms. The Morgan fingerprint density at radius 3 is 2.60 bits per heavy atom. The fourth-order valence-electron chi connectivity index (χ4n) is 3.73. The summed E-state index contributed by atoms with van der Waals surface area (Å²) in [5, 5.41) is 2.87. The molecule has 3 amide bonds. The van der Waals surface area contributed by atoms with E-state index < -0.39 is 5.92 Å². The van der Waals surface area contributed by atoms with Gasteiger partial charge in [0, 0.05) is 36.2 Å². The number of hydrogen-bond acceptors (Lipinski definition) is 4. The number of hydrogen-bond donors (Lipinski definition) is 1. The van der Waals surface area contributed by atoms with E-state index in [1.807, 2.05) is 24.3 Å². The van der Waals surface area contributed by atoms with Crippen LogP contribution >= 0.6 is 15.9 Å². The Bertz CT molecular complexity index is 974. The van der Waals surface area contributed by atoms with Crippen LogP contribution in [-0.2, 0) is 14.3 Å². The van der Waals surface area contributed by atoms with Crippen LogP contribution in [0.1, 0.15) is 16.8 Å². The van der Waals surface area contributed by atoms with Gasteiger partial charge in [0.15, 0.2) is 0 Å². The van der Waals surface area contributed by atoms with Gasteiger partial charge in [0.25, 0.3) is 5.91 Å². The number of ether oxygens (including phenoxy) is 1. The Morgan fingerprint density at radius 2 is 1.83 bits per heavy atom. The fraction of sp³-hybridized carbons (Fsp3) is 0.318. The van der Waals surface area contributed by atoms with Gasteiger partial charge in [0.05, 0.1) is 30.4 Å². The molecule has 0 bridgehead atoms. The summed E-state index contributed by atoms with van der Waals surface area (Å²) >= 11 is 3.41. The number of amides is 3. The molecule has 2 aliphatic heterocycles. The van der Waals surface area contributed by atoms with Crippen molar-refractivity contribution in [3.8, 4) is 0 Å². The molecule has 0 radical (unpaired) electrons. The van der Waals surface area contributed by atoms with Crippen molar-refractivity contribution in [3.05, 3.63) is 58.6 Å². The number of morpholine rings is 1. The first kappa shape index (κ1) is 20.6. The number of anilines is 2. The molecule has 2 aromatic carbocycles. The Kier molecular flexibility index (Phi) is 6.15. The van der Waals surface area contributed by atoms with Crippen molar-refractivity contribution in [1.29, 1.82) is 0 Å². The summed E-state index contributed by atoms with van der Waals surface area (Å²) in [6.07, 6.45) is 0.137. The molecule has 2 heterocycles. The van der Waals surface area contributed by atoms with Gasteiger partial charge in [-0.1, -0.05) is 34.1 Å². The third-order valence-electron chi connectivity index (χ3n) is 5.33. The summed E-state index contributed by atoms with van der Waals surface area (Å²) in [5.41, 5.74) is 1.67. The van der Waals surface area contributed by atoms with Gasteiger partial charge in [-0.25, -0.2) is 0 Å². The molecule has 0 saturated carbocycles. The van der Waals surface area contributed by atoms with E-state index in [1.54, 1.807) is 34.1 Å². The van der Waals surface area contributed by atoms with E-state index >= 15 is 0 Å². The van der Waals surface area contributed by atoms with Gasteiger partial charge in [-0.3, -0.25) is 14.4 Å². The average molecular weight is 472 g/mol. The quantitative estimate of drug-likeness (QED) is 0.743. The Labute approximate surface area is 183 Å². The first-order valence-electron chi connectivity index (χ1n) is 9.86. The highest BCUT2D eigenvalue weighted by atomic mass is 79.9. The molecule has 2 fully saturated rings. The standard InChI is InChI=1S/C22H22BrN3O4/c23-16-4-3-5-17(13-16)26-14-15(12-20(26)27)21(28)24-19-7-2-1-6-18(19)22(29)25-8-10-30-11-9-25/h1-7,13,15H,8-12,14H2,(H,24,28). The van der Waals surface area contributed by atoms with Crippen molar-refractivity contribution in [2.24, 2.45) is 5.92 Å². The number of benzene rings is 2. The normalized spacial score (nSPS) is 19.1. The monoisotopic (exact) mass is 471 g/mol. The summed E-state index contributed by atoms with van der Waals surface area (Å²) in [6.45, 7) is 2.38. The molecule has 30 heavy (non-hydrogen) atoms. The van der Waals surface area contributed by atoms with E-state index in [0.29, 0.717) is 44.1 Å². The predicted octanol–water partition coefficient (Wildman–Crippen LogP) is 2.91. The van der Waals surface area contributed by atoms with Crippen LogP contribution in [-0.4, -0.2) is 55.5 Å². The van der Waals surface area contributed by atoms with Crippen molar-refractivity contribution in [3.63, 3.8) is 0 Å². The highest BCUT2D eigenvalue weighted by Gasteiger charge is 2.35. The van der Waals surface area contributed by atoms with Gasteiger partial charge in [-0.05, 0) is 30.3 Å². The second-order valence-corrected chi connectivity index (χ2v) is 8.24. The van der Waals surface area contributed by atoms with Crippen molar-refractivity contribution >= 4 is 45.0 Å². The molecule has 2 aromatic rings. The Hall–Kier alpha value is -2.71. The maximum atomic E-state index is 12.9. The van der Waals surface area contributed by atoms with E-state index in [2.05, 4.69) is 21.2 Å². The Balaban J connectivity index is 1.47. The predicted molar refractivity (Wildman–Crippen MR) is 116 cm³/mol. The van der Waals surface area contributed by atoms with E-state index in [1.165, 1.54) is 0 Å². The Morgan fingerprint density at radius 1 is 1.07 bits per heavy atom. The molecule has 0 spiro atoms. The second-order valence-electron chi connectivity index (χ2n) is 7.32. The third-order valence-corrected chi connectivity index (χ3v) is 5.82. The van der Waals surface area contributed by atoms with Crippen LogP contribution < -0.4 is 10.2 Å². The van der Waals surface area contributed by atoms with Crippen LogP contribution in [0, 0.1) is 5.92 Å². The molecule has 1 N–H and O–H groups in total. The fourth-order valence-corrected chi connectivity index (χ4v) is 4.11. The van der Waals surface area contributed by atoms with Crippen LogP contribution in [0.2, 0.25) is 0 Å². The molecule has 0 aliphatic carbocycles. The lowest BCUT2D eigenvalue weighted by Crippen LogP contribution is -2.41. The number of carbonyl (C=O) groups is 3. The molecule has 0 aromatic heterocycles. The minimum atomic E-state index is -0.483. The molecule has 4 rings (SSSR count). The third kappa shape index (κ3) is 4.39. The van der Waals surface area contributed by atoms with Gasteiger partial charge in [-0.2, -0.15) is 0 Å². The number of para-hydroxylation sites is 1.